The molecule has 2 amide bonds. The molecule has 1 aromatic heterocycles. The van der Waals surface area contributed by atoms with Crippen molar-refractivity contribution in [2.45, 2.75) is 6.54 Å². The average molecular weight is 511 g/mol. The minimum Gasteiger partial charge on any atom is -0.355 e. The van der Waals surface area contributed by atoms with Gasteiger partial charge in [0.15, 0.2) is 5.96 Å². The number of guanidine groups is 1. The lowest BCUT2D eigenvalue weighted by atomic mass is 10.1. The number of hydrogen-bond acceptors (Lipinski definition) is 4. The summed E-state index contributed by atoms with van der Waals surface area (Å²) >= 11 is 0. The number of rotatable bonds is 4. The molecule has 1 aliphatic rings. The highest BCUT2D eigenvalue weighted by Gasteiger charge is 2.27. The third kappa shape index (κ3) is 5.46. The maximum absolute atomic E-state index is 12.6. The van der Waals surface area contributed by atoms with Gasteiger partial charge in [-0.1, -0.05) is 12.1 Å². The van der Waals surface area contributed by atoms with Crippen LogP contribution in [0.5, 0.6) is 0 Å². The van der Waals surface area contributed by atoms with Gasteiger partial charge in [0.1, 0.15) is 6.54 Å². The summed E-state index contributed by atoms with van der Waals surface area (Å²) in [4.78, 5) is 32.3. The Morgan fingerprint density at radius 2 is 2.10 bits per heavy atom. The van der Waals surface area contributed by atoms with Gasteiger partial charge in [0.25, 0.3) is 5.91 Å². The number of aryl methyl sites for hydroxylation is 1. The molecule has 0 spiro atoms. The van der Waals surface area contributed by atoms with E-state index in [1.807, 2.05) is 36.3 Å². The van der Waals surface area contributed by atoms with Gasteiger partial charge >= 0.3 is 0 Å². The fourth-order valence-corrected chi connectivity index (χ4v) is 3.15. The maximum Gasteiger partial charge on any atom is 0.251 e. The fourth-order valence-electron chi connectivity index (χ4n) is 3.15. The summed E-state index contributed by atoms with van der Waals surface area (Å²) in [6, 6.07) is 7.40. The van der Waals surface area contributed by atoms with E-state index in [9.17, 15) is 9.59 Å². The second kappa shape index (κ2) is 10.2. The number of carbonyl (C=O) groups is 2. The predicted octanol–water partition coefficient (Wildman–Crippen LogP) is 0.822. The lowest BCUT2D eigenvalue weighted by Gasteiger charge is -2.35. The molecule has 2 aromatic rings. The first-order chi connectivity index (χ1) is 13.5. The van der Waals surface area contributed by atoms with Gasteiger partial charge in [0, 0.05) is 52.5 Å². The van der Waals surface area contributed by atoms with E-state index in [1.165, 1.54) is 0 Å². The molecule has 0 radical (unpaired) electrons. The van der Waals surface area contributed by atoms with Crippen LogP contribution in [-0.4, -0.2) is 66.2 Å². The predicted molar refractivity (Wildman–Crippen MR) is 123 cm³/mol. The van der Waals surface area contributed by atoms with Crippen LogP contribution in [0.1, 0.15) is 15.9 Å². The van der Waals surface area contributed by atoms with Crippen LogP contribution in [-0.2, 0) is 18.4 Å². The normalized spacial score (nSPS) is 14.4. The third-order valence-electron chi connectivity index (χ3n) is 4.60. The Morgan fingerprint density at radius 3 is 2.72 bits per heavy atom. The Labute approximate surface area is 187 Å². The summed E-state index contributed by atoms with van der Waals surface area (Å²) in [6.45, 7) is 1.98. The zero-order valence-electron chi connectivity index (χ0n) is 16.8. The minimum atomic E-state index is -0.122. The van der Waals surface area contributed by atoms with Crippen LogP contribution in [0.25, 0.3) is 0 Å². The Kier molecular flexibility index (Phi) is 8.00. The molecule has 1 aliphatic heterocycles. The topological polar surface area (TPSA) is 94.9 Å². The Morgan fingerprint density at radius 1 is 1.31 bits per heavy atom. The van der Waals surface area contributed by atoms with E-state index >= 15 is 0 Å². The number of anilines is 1. The molecule has 1 saturated heterocycles. The number of hydrogen-bond donors (Lipinski definition) is 2. The lowest BCUT2D eigenvalue weighted by molar-refractivity contribution is -0.120. The number of carbonyl (C=O) groups excluding carboxylic acids is 2. The van der Waals surface area contributed by atoms with E-state index in [0.29, 0.717) is 31.2 Å². The first-order valence-corrected chi connectivity index (χ1v) is 9.07. The number of aromatic nitrogens is 2. The zero-order valence-corrected chi connectivity index (χ0v) is 19.1. The summed E-state index contributed by atoms with van der Waals surface area (Å²) in [5.41, 5.74) is 2.38. The van der Waals surface area contributed by atoms with Gasteiger partial charge in [-0.3, -0.25) is 19.3 Å². The minimum absolute atomic E-state index is 0. The molecule has 3 rings (SSSR count). The molecule has 2 N–H and O–H groups in total. The smallest absolute Gasteiger partial charge is 0.251 e. The molecule has 0 atom stereocenters. The Bertz CT molecular complexity index is 896. The van der Waals surface area contributed by atoms with Gasteiger partial charge in [-0.2, -0.15) is 5.10 Å². The van der Waals surface area contributed by atoms with E-state index in [2.05, 4.69) is 20.7 Å². The van der Waals surface area contributed by atoms with Gasteiger partial charge in [0.2, 0.25) is 5.91 Å². The number of amides is 2. The van der Waals surface area contributed by atoms with Crippen LogP contribution in [0.3, 0.4) is 0 Å². The van der Waals surface area contributed by atoms with Gasteiger partial charge in [0.05, 0.1) is 11.9 Å². The molecule has 0 bridgehead atoms. The molecule has 9 nitrogen and oxygen atoms in total. The van der Waals surface area contributed by atoms with E-state index in [1.54, 1.807) is 35.9 Å². The van der Waals surface area contributed by atoms with Crippen LogP contribution in [0.2, 0.25) is 0 Å². The summed E-state index contributed by atoms with van der Waals surface area (Å²) in [5.74, 6) is 0.539. The third-order valence-corrected chi connectivity index (χ3v) is 4.60. The van der Waals surface area contributed by atoms with Gasteiger partial charge in [-0.05, 0) is 17.7 Å². The van der Waals surface area contributed by atoms with Crippen molar-refractivity contribution in [2.24, 2.45) is 12.0 Å². The van der Waals surface area contributed by atoms with Gasteiger partial charge in [-0.25, -0.2) is 0 Å². The van der Waals surface area contributed by atoms with Crippen LogP contribution < -0.4 is 15.5 Å². The van der Waals surface area contributed by atoms with E-state index in [0.717, 1.165) is 11.3 Å². The van der Waals surface area contributed by atoms with Crippen molar-refractivity contribution in [3.63, 3.8) is 0 Å². The largest absolute Gasteiger partial charge is 0.355 e. The highest BCUT2D eigenvalue weighted by molar-refractivity contribution is 14.0. The van der Waals surface area contributed by atoms with Crippen molar-refractivity contribution in [3.8, 4) is 0 Å². The standard InChI is InChI=1S/C19H25N7O2.HI/c1-20-18(28)15-6-4-5-14(9-15)10-22-19(21-2)25-7-8-26(17(27)13-25)16-11-23-24(3)12-16;/h4-6,9,11-12H,7-8,10,13H2,1-3H3,(H,20,28)(H,21,22);1H. The SMILES string of the molecule is CN=C(NCc1cccc(C(=O)NC)c1)N1CCN(c2cnn(C)c2)C(=O)C1.I. The molecule has 2 heterocycles. The molecule has 0 unspecified atom stereocenters. The molecule has 10 heteroatoms. The van der Waals surface area contributed by atoms with Crippen LogP contribution >= 0.6 is 24.0 Å². The number of halogens is 1. The summed E-state index contributed by atoms with van der Waals surface area (Å²) in [6.07, 6.45) is 3.53. The van der Waals surface area contributed by atoms with E-state index in [-0.39, 0.29) is 42.3 Å². The van der Waals surface area contributed by atoms with E-state index < -0.39 is 0 Å². The number of nitrogens with zero attached hydrogens (tertiary/aromatic N) is 5. The first-order valence-electron chi connectivity index (χ1n) is 9.07. The van der Waals surface area contributed by atoms with Crippen molar-refractivity contribution >= 4 is 47.4 Å². The summed E-state index contributed by atoms with van der Waals surface area (Å²) in [7, 11) is 5.13. The molecule has 0 aliphatic carbocycles. The van der Waals surface area contributed by atoms with Gasteiger partial charge in [-0.15, -0.1) is 24.0 Å². The van der Waals surface area contributed by atoms with Crippen molar-refractivity contribution in [3.05, 3.63) is 47.8 Å². The van der Waals surface area contributed by atoms with Crippen molar-refractivity contribution in [1.82, 2.24) is 25.3 Å². The molecular formula is C19H26IN7O2. The monoisotopic (exact) mass is 511 g/mol. The summed E-state index contributed by atoms with van der Waals surface area (Å²) in [5, 5.41) is 10.0. The lowest BCUT2D eigenvalue weighted by Crippen LogP contribution is -2.55. The highest BCUT2D eigenvalue weighted by atomic mass is 127. The van der Waals surface area contributed by atoms with Crippen LogP contribution in [0.15, 0.2) is 41.7 Å². The molecule has 29 heavy (non-hydrogen) atoms. The molecule has 1 aromatic carbocycles. The second-order valence-electron chi connectivity index (χ2n) is 6.52. The molecule has 156 valence electrons. The molecular weight excluding hydrogens is 485 g/mol. The summed E-state index contributed by atoms with van der Waals surface area (Å²) < 4.78 is 1.68. The maximum atomic E-state index is 12.6. The number of aliphatic imine (C=N–C) groups is 1. The second-order valence-corrected chi connectivity index (χ2v) is 6.52. The van der Waals surface area contributed by atoms with Crippen molar-refractivity contribution < 1.29 is 9.59 Å². The van der Waals surface area contributed by atoms with Crippen LogP contribution in [0.4, 0.5) is 5.69 Å². The van der Waals surface area contributed by atoms with Gasteiger partial charge < -0.3 is 20.4 Å². The first kappa shape index (κ1) is 22.7. The zero-order chi connectivity index (χ0) is 20.1. The number of benzene rings is 1. The average Bonchev–Trinajstić information content (AvgIpc) is 3.14. The number of nitrogens with one attached hydrogen (secondary N) is 2. The number of piperazine rings is 1. The van der Waals surface area contributed by atoms with Crippen molar-refractivity contribution in [1.29, 1.82) is 0 Å². The van der Waals surface area contributed by atoms with Crippen molar-refractivity contribution in [2.75, 3.05) is 38.6 Å². The van der Waals surface area contributed by atoms with E-state index in [4.69, 9.17) is 0 Å². The fraction of sp³-hybridized carbons (Fsp3) is 0.368. The van der Waals surface area contributed by atoms with Crippen LogP contribution in [0, 0.1) is 0 Å². The Hall–Kier alpha value is -2.63. The highest BCUT2D eigenvalue weighted by Crippen LogP contribution is 2.16. The molecule has 1 fully saturated rings. The quantitative estimate of drug-likeness (QED) is 0.360. The Balaban J connectivity index is 0.00000300. The molecule has 0 saturated carbocycles.